The van der Waals surface area contributed by atoms with Crippen LogP contribution in [0.1, 0.15) is 10.4 Å². The molecule has 0 radical (unpaired) electrons. The van der Waals surface area contributed by atoms with E-state index in [1.54, 1.807) is 30.3 Å². The highest BCUT2D eigenvalue weighted by molar-refractivity contribution is 8.18. The second kappa shape index (κ2) is 8.96. The summed E-state index contributed by atoms with van der Waals surface area (Å²) < 4.78 is 0. The molecule has 4 rings (SSSR count). The number of thioether (sulfide) groups is 1. The Labute approximate surface area is 197 Å². The van der Waals surface area contributed by atoms with Crippen LogP contribution in [-0.4, -0.2) is 51.0 Å². The Hall–Kier alpha value is -3.83. The second-order valence-electron chi connectivity index (χ2n) is 7.02. The van der Waals surface area contributed by atoms with Gasteiger partial charge in [-0.2, -0.15) is 0 Å². The van der Waals surface area contributed by atoms with E-state index < -0.39 is 29.6 Å². The van der Waals surface area contributed by atoms with Gasteiger partial charge >= 0.3 is 5.97 Å². The molecule has 2 N–H and O–H groups in total. The maximum atomic E-state index is 13.1. The molecule has 33 heavy (non-hydrogen) atoms. The first-order valence-corrected chi connectivity index (χ1v) is 10.8. The van der Waals surface area contributed by atoms with Gasteiger partial charge in [0.15, 0.2) is 10.3 Å². The van der Waals surface area contributed by atoms with Crippen LogP contribution in [0.25, 0.3) is 0 Å². The van der Waals surface area contributed by atoms with E-state index in [0.717, 1.165) is 11.8 Å². The molecule has 2 saturated heterocycles. The topological polar surface area (TPSA) is 119 Å². The Morgan fingerprint density at radius 1 is 1.12 bits per heavy atom. The van der Waals surface area contributed by atoms with Crippen LogP contribution in [0, 0.1) is 5.92 Å². The molecule has 0 aromatic heterocycles. The third kappa shape index (κ3) is 4.41. The van der Waals surface area contributed by atoms with Gasteiger partial charge in [-0.1, -0.05) is 18.2 Å². The van der Waals surface area contributed by atoms with Crippen molar-refractivity contribution in [2.45, 2.75) is 0 Å². The number of nitrogens with zero attached hydrogens (tertiary/aromatic N) is 3. The molecule has 1 unspecified atom stereocenters. The van der Waals surface area contributed by atoms with Crippen molar-refractivity contribution in [1.29, 1.82) is 0 Å². The number of rotatable bonds is 4. The quantitative estimate of drug-likeness (QED) is 0.392. The van der Waals surface area contributed by atoms with Crippen molar-refractivity contribution in [3.05, 3.63) is 71.1 Å². The number of hydrogen-bond donors (Lipinski definition) is 2. The number of amides is 3. The summed E-state index contributed by atoms with van der Waals surface area (Å²) in [5, 5.41) is 11.8. The summed E-state index contributed by atoms with van der Waals surface area (Å²) in [6.07, 6.45) is 1.31. The van der Waals surface area contributed by atoms with Crippen molar-refractivity contribution < 1.29 is 24.3 Å². The van der Waals surface area contributed by atoms with Gasteiger partial charge in [-0.15, -0.1) is 0 Å². The zero-order chi connectivity index (χ0) is 23.7. The maximum Gasteiger partial charge on any atom is 0.335 e. The first-order chi connectivity index (χ1) is 15.8. The fourth-order valence-electron chi connectivity index (χ4n) is 3.17. The minimum absolute atomic E-state index is 0.0274. The molecule has 0 saturated carbocycles. The molecule has 2 aliphatic heterocycles. The lowest BCUT2D eigenvalue weighted by Gasteiger charge is -2.31. The molecule has 2 aromatic rings. The van der Waals surface area contributed by atoms with E-state index in [1.165, 1.54) is 47.2 Å². The van der Waals surface area contributed by atoms with E-state index in [2.05, 4.69) is 10.3 Å². The average molecular weight is 481 g/mol. The van der Waals surface area contributed by atoms with Crippen molar-refractivity contribution in [2.75, 3.05) is 11.9 Å². The normalized spacial score (nSPS) is 21.2. The van der Waals surface area contributed by atoms with Gasteiger partial charge in [0.25, 0.3) is 5.91 Å². The van der Waals surface area contributed by atoms with E-state index in [4.69, 9.17) is 17.3 Å². The number of carbonyl (C=O) groups is 4. The van der Waals surface area contributed by atoms with Gasteiger partial charge in [-0.05, 0) is 66.5 Å². The van der Waals surface area contributed by atoms with Gasteiger partial charge < -0.3 is 10.4 Å². The summed E-state index contributed by atoms with van der Waals surface area (Å²) in [6.45, 7) is 0. The van der Waals surface area contributed by atoms with Crippen LogP contribution in [-0.2, 0) is 14.4 Å². The molecule has 2 fully saturated rings. The lowest BCUT2D eigenvalue weighted by molar-refractivity contribution is -0.131. The van der Waals surface area contributed by atoms with Crippen LogP contribution < -0.4 is 10.2 Å². The Bertz CT molecular complexity index is 1240. The molecule has 0 aliphatic carbocycles. The van der Waals surface area contributed by atoms with Crippen LogP contribution in [0.2, 0.25) is 0 Å². The summed E-state index contributed by atoms with van der Waals surface area (Å²) in [4.78, 5) is 56.5. The molecule has 2 aliphatic rings. The van der Waals surface area contributed by atoms with Gasteiger partial charge in [0.2, 0.25) is 11.8 Å². The largest absolute Gasteiger partial charge is 0.478 e. The zero-order valence-corrected chi connectivity index (χ0v) is 18.7. The molecular weight excluding hydrogens is 464 g/mol. The predicted octanol–water partition coefficient (Wildman–Crippen LogP) is 2.53. The highest BCUT2D eigenvalue weighted by Crippen LogP contribution is 2.33. The Kier molecular flexibility index (Phi) is 6.07. The smallest absolute Gasteiger partial charge is 0.335 e. The molecule has 11 heteroatoms. The predicted molar refractivity (Wildman–Crippen MR) is 127 cm³/mol. The third-order valence-electron chi connectivity index (χ3n) is 4.88. The van der Waals surface area contributed by atoms with E-state index in [1.807, 2.05) is 0 Å². The lowest BCUT2D eigenvalue weighted by atomic mass is 10.0. The molecule has 0 bridgehead atoms. The first kappa shape index (κ1) is 22.4. The number of thiocarbonyl (C=S) groups is 1. The summed E-state index contributed by atoms with van der Waals surface area (Å²) in [5.74, 6) is -3.89. The molecule has 1 atom stereocenters. The van der Waals surface area contributed by atoms with Gasteiger partial charge in [0.05, 0.1) is 21.8 Å². The van der Waals surface area contributed by atoms with Crippen molar-refractivity contribution in [1.82, 2.24) is 10.2 Å². The number of aliphatic imine (C=N–C) groups is 1. The fraction of sp³-hybridized carbons (Fsp3) is 0.0909. The minimum Gasteiger partial charge on any atom is -0.478 e. The van der Waals surface area contributed by atoms with E-state index >= 15 is 0 Å². The SMILES string of the molecule is CN1C(=O)/C(=C/C2C(=O)NC(=S)N(c3ccccc3)C2=O)SC1=Nc1ccc(C(=O)O)cc1. The number of para-hydroxylation sites is 1. The number of carboxylic acids is 1. The van der Waals surface area contributed by atoms with Crippen molar-refractivity contribution in [3.63, 3.8) is 0 Å². The van der Waals surface area contributed by atoms with E-state index in [0.29, 0.717) is 16.5 Å². The molecule has 2 heterocycles. The number of carboxylic acid groups (broad SMARTS) is 1. The van der Waals surface area contributed by atoms with Gasteiger partial charge in [-0.3, -0.25) is 24.2 Å². The standard InChI is InChI=1S/C22H16N4O5S2/c1-25-19(29)16(33-22(25)23-13-9-7-12(8-10-13)20(30)31)11-15-17(27)24-21(32)26(18(15)28)14-5-3-2-4-6-14/h2-11,15H,1H3,(H,30,31)(H,24,27,32)/b16-11-,23-22?. The van der Waals surface area contributed by atoms with Crippen molar-refractivity contribution in [3.8, 4) is 0 Å². The summed E-state index contributed by atoms with van der Waals surface area (Å²) in [6, 6.07) is 14.5. The lowest BCUT2D eigenvalue weighted by Crippen LogP contribution is -2.57. The molecule has 166 valence electrons. The van der Waals surface area contributed by atoms with Gasteiger partial charge in [0, 0.05) is 7.05 Å². The fourth-order valence-corrected chi connectivity index (χ4v) is 4.46. The van der Waals surface area contributed by atoms with Crippen molar-refractivity contribution >= 4 is 69.3 Å². The van der Waals surface area contributed by atoms with Crippen LogP contribution in [0.3, 0.4) is 0 Å². The monoisotopic (exact) mass is 480 g/mol. The number of amidine groups is 1. The van der Waals surface area contributed by atoms with Crippen LogP contribution in [0.5, 0.6) is 0 Å². The number of carbonyl (C=O) groups excluding carboxylic acids is 3. The Balaban J connectivity index is 1.61. The number of hydrogen-bond acceptors (Lipinski definition) is 7. The zero-order valence-electron chi connectivity index (χ0n) is 17.1. The molecule has 3 amide bonds. The van der Waals surface area contributed by atoms with Crippen LogP contribution in [0.4, 0.5) is 11.4 Å². The summed E-state index contributed by atoms with van der Waals surface area (Å²) >= 11 is 6.19. The number of aromatic carboxylic acids is 1. The van der Waals surface area contributed by atoms with E-state index in [-0.39, 0.29) is 15.6 Å². The number of benzene rings is 2. The Morgan fingerprint density at radius 3 is 2.42 bits per heavy atom. The second-order valence-corrected chi connectivity index (χ2v) is 8.42. The average Bonchev–Trinajstić information content (AvgIpc) is 3.05. The minimum atomic E-state index is -1.24. The third-order valence-corrected chi connectivity index (χ3v) is 6.24. The number of anilines is 1. The summed E-state index contributed by atoms with van der Waals surface area (Å²) in [7, 11) is 1.52. The Morgan fingerprint density at radius 2 is 1.79 bits per heavy atom. The highest BCUT2D eigenvalue weighted by Gasteiger charge is 2.40. The molecule has 2 aromatic carbocycles. The number of likely N-dealkylation sites (N-methyl/N-ethyl adjacent to an activating group) is 1. The molecular formula is C22H16N4O5S2. The van der Waals surface area contributed by atoms with Crippen LogP contribution in [0.15, 0.2) is 70.6 Å². The van der Waals surface area contributed by atoms with Gasteiger partial charge in [0.1, 0.15) is 5.92 Å². The highest BCUT2D eigenvalue weighted by atomic mass is 32.2. The first-order valence-electron chi connectivity index (χ1n) is 9.60. The molecule has 9 nitrogen and oxygen atoms in total. The van der Waals surface area contributed by atoms with Crippen LogP contribution >= 0.6 is 24.0 Å². The maximum absolute atomic E-state index is 13.1. The number of nitrogens with one attached hydrogen (secondary N) is 1. The molecule has 0 spiro atoms. The summed E-state index contributed by atoms with van der Waals surface area (Å²) in [5.41, 5.74) is 1.08. The van der Waals surface area contributed by atoms with Crippen molar-refractivity contribution in [2.24, 2.45) is 10.9 Å². The van der Waals surface area contributed by atoms with E-state index in [9.17, 15) is 19.2 Å². The van der Waals surface area contributed by atoms with Gasteiger partial charge in [-0.25, -0.2) is 9.79 Å².